The molecule has 0 bridgehead atoms. The van der Waals surface area contributed by atoms with Crippen LogP contribution in [0.3, 0.4) is 0 Å². The second-order valence-corrected chi connectivity index (χ2v) is 3.97. The fourth-order valence-corrected chi connectivity index (χ4v) is 1.70. The van der Waals surface area contributed by atoms with E-state index in [0.29, 0.717) is 6.61 Å². The van der Waals surface area contributed by atoms with Crippen LogP contribution in [0.5, 0.6) is 5.75 Å². The molecule has 96 valence electrons. The monoisotopic (exact) mass is 245 g/mol. The van der Waals surface area contributed by atoms with E-state index in [4.69, 9.17) is 4.74 Å². The van der Waals surface area contributed by atoms with Gasteiger partial charge in [0, 0.05) is 18.4 Å². The van der Waals surface area contributed by atoms with Crippen LogP contribution in [0.1, 0.15) is 19.5 Å². The van der Waals surface area contributed by atoms with E-state index in [1.54, 1.807) is 0 Å². The van der Waals surface area contributed by atoms with Gasteiger partial charge in [-0.2, -0.15) is 5.10 Å². The lowest BCUT2D eigenvalue weighted by molar-refractivity contribution is 0.340. The summed E-state index contributed by atoms with van der Waals surface area (Å²) in [4.78, 5) is 0. The molecular formula is C14H19N3O. The molecule has 4 nitrogen and oxygen atoms in total. The molecule has 2 rings (SSSR count). The largest absolute Gasteiger partial charge is 0.494 e. The fraction of sp³-hybridized carbons (Fsp3) is 0.357. The summed E-state index contributed by atoms with van der Waals surface area (Å²) in [7, 11) is 0. The van der Waals surface area contributed by atoms with Crippen molar-refractivity contribution >= 4 is 5.69 Å². The Hall–Kier alpha value is -1.97. The van der Waals surface area contributed by atoms with Crippen LogP contribution in [-0.4, -0.2) is 16.4 Å². The average Bonchev–Trinajstić information content (AvgIpc) is 2.86. The molecule has 0 fully saturated rings. The van der Waals surface area contributed by atoms with E-state index in [1.165, 1.54) is 0 Å². The summed E-state index contributed by atoms with van der Waals surface area (Å²) in [6.07, 6.45) is 2.00. The van der Waals surface area contributed by atoms with Crippen molar-refractivity contribution in [3.8, 4) is 5.75 Å². The third-order valence-corrected chi connectivity index (χ3v) is 2.66. The Morgan fingerprint density at radius 3 is 2.56 bits per heavy atom. The minimum atomic E-state index is 0.696. The van der Waals surface area contributed by atoms with Gasteiger partial charge in [0.1, 0.15) is 5.75 Å². The Bertz CT molecular complexity index is 476. The minimum absolute atomic E-state index is 0.696. The van der Waals surface area contributed by atoms with Crippen molar-refractivity contribution in [2.75, 3.05) is 11.9 Å². The normalized spacial score (nSPS) is 10.3. The summed E-state index contributed by atoms with van der Waals surface area (Å²) in [6, 6.07) is 10.0. The zero-order chi connectivity index (χ0) is 12.8. The molecular weight excluding hydrogens is 226 g/mol. The first kappa shape index (κ1) is 12.5. The van der Waals surface area contributed by atoms with Crippen LogP contribution in [0, 0.1) is 0 Å². The summed E-state index contributed by atoms with van der Waals surface area (Å²) >= 11 is 0. The van der Waals surface area contributed by atoms with Crippen LogP contribution < -0.4 is 10.1 Å². The minimum Gasteiger partial charge on any atom is -0.494 e. The molecule has 0 saturated heterocycles. The van der Waals surface area contributed by atoms with E-state index in [0.717, 1.165) is 30.2 Å². The lowest BCUT2D eigenvalue weighted by Crippen LogP contribution is -2.02. The van der Waals surface area contributed by atoms with Crippen molar-refractivity contribution < 1.29 is 4.74 Å². The Morgan fingerprint density at radius 2 is 1.94 bits per heavy atom. The van der Waals surface area contributed by atoms with E-state index in [2.05, 4.69) is 17.3 Å². The van der Waals surface area contributed by atoms with Crippen molar-refractivity contribution in [3.63, 3.8) is 0 Å². The number of aryl methyl sites for hydroxylation is 1. The van der Waals surface area contributed by atoms with Gasteiger partial charge in [0.2, 0.25) is 0 Å². The van der Waals surface area contributed by atoms with Crippen LogP contribution in [0.2, 0.25) is 0 Å². The van der Waals surface area contributed by atoms with Crippen molar-refractivity contribution in [1.29, 1.82) is 0 Å². The lowest BCUT2D eigenvalue weighted by atomic mass is 10.3. The predicted molar refractivity (Wildman–Crippen MR) is 72.8 cm³/mol. The maximum absolute atomic E-state index is 5.40. The molecule has 0 amide bonds. The summed E-state index contributed by atoms with van der Waals surface area (Å²) in [5.74, 6) is 0.901. The zero-order valence-electron chi connectivity index (χ0n) is 10.9. The second-order valence-electron chi connectivity index (χ2n) is 3.97. The molecule has 0 unspecified atom stereocenters. The number of rotatable bonds is 6. The summed E-state index contributed by atoms with van der Waals surface area (Å²) in [5, 5.41) is 7.76. The topological polar surface area (TPSA) is 39.1 Å². The second kappa shape index (κ2) is 6.10. The highest BCUT2D eigenvalue weighted by atomic mass is 16.5. The Balaban J connectivity index is 1.89. The number of nitrogens with one attached hydrogen (secondary N) is 1. The Kier molecular flexibility index (Phi) is 4.23. The van der Waals surface area contributed by atoms with Gasteiger partial charge in [0.15, 0.2) is 0 Å². The molecule has 0 spiro atoms. The van der Waals surface area contributed by atoms with Crippen LogP contribution in [0.15, 0.2) is 36.5 Å². The van der Waals surface area contributed by atoms with Crippen molar-refractivity contribution in [2.45, 2.75) is 26.9 Å². The molecule has 0 aliphatic heterocycles. The quantitative estimate of drug-likeness (QED) is 0.850. The van der Waals surface area contributed by atoms with Gasteiger partial charge in [-0.1, -0.05) is 0 Å². The molecule has 0 radical (unpaired) electrons. The van der Waals surface area contributed by atoms with E-state index in [9.17, 15) is 0 Å². The van der Waals surface area contributed by atoms with Crippen molar-refractivity contribution in [3.05, 3.63) is 42.2 Å². The SMILES string of the molecule is CCOc1ccc(NCc2ccn(CC)n2)cc1. The Morgan fingerprint density at radius 1 is 1.17 bits per heavy atom. The van der Waals surface area contributed by atoms with E-state index < -0.39 is 0 Å². The van der Waals surface area contributed by atoms with Crippen LogP contribution in [0.25, 0.3) is 0 Å². The first-order chi connectivity index (χ1) is 8.81. The molecule has 4 heteroatoms. The highest BCUT2D eigenvalue weighted by Gasteiger charge is 1.98. The molecule has 2 aromatic rings. The standard InChI is InChI=1S/C14H19N3O/c1-3-17-10-9-13(16-17)11-15-12-5-7-14(8-6-12)18-4-2/h5-10,15H,3-4,11H2,1-2H3. The van der Waals surface area contributed by atoms with Gasteiger partial charge in [-0.25, -0.2) is 0 Å². The fourth-order valence-electron chi connectivity index (χ4n) is 1.70. The maximum Gasteiger partial charge on any atom is 0.119 e. The van der Waals surface area contributed by atoms with E-state index in [-0.39, 0.29) is 0 Å². The predicted octanol–water partition coefficient (Wildman–Crippen LogP) is 2.91. The summed E-state index contributed by atoms with van der Waals surface area (Å²) < 4.78 is 7.32. The average molecular weight is 245 g/mol. The zero-order valence-corrected chi connectivity index (χ0v) is 10.9. The molecule has 0 atom stereocenters. The van der Waals surface area contributed by atoms with E-state index >= 15 is 0 Å². The van der Waals surface area contributed by atoms with Gasteiger partial charge in [0.25, 0.3) is 0 Å². The van der Waals surface area contributed by atoms with Gasteiger partial charge in [0.05, 0.1) is 18.8 Å². The third-order valence-electron chi connectivity index (χ3n) is 2.66. The van der Waals surface area contributed by atoms with Gasteiger partial charge in [-0.3, -0.25) is 4.68 Å². The number of nitrogens with zero attached hydrogens (tertiary/aromatic N) is 2. The molecule has 0 aliphatic rings. The summed E-state index contributed by atoms with van der Waals surface area (Å²) in [6.45, 7) is 6.40. The van der Waals surface area contributed by atoms with Crippen molar-refractivity contribution in [1.82, 2.24) is 9.78 Å². The molecule has 1 aromatic heterocycles. The molecule has 0 aliphatic carbocycles. The first-order valence-electron chi connectivity index (χ1n) is 6.31. The molecule has 1 heterocycles. The van der Waals surface area contributed by atoms with Crippen LogP contribution in [0.4, 0.5) is 5.69 Å². The number of ether oxygens (including phenoxy) is 1. The highest BCUT2D eigenvalue weighted by molar-refractivity contribution is 5.46. The third kappa shape index (κ3) is 3.26. The van der Waals surface area contributed by atoms with Crippen LogP contribution >= 0.6 is 0 Å². The molecule has 18 heavy (non-hydrogen) atoms. The smallest absolute Gasteiger partial charge is 0.119 e. The van der Waals surface area contributed by atoms with Gasteiger partial charge < -0.3 is 10.1 Å². The van der Waals surface area contributed by atoms with E-state index in [1.807, 2.05) is 48.1 Å². The summed E-state index contributed by atoms with van der Waals surface area (Å²) in [5.41, 5.74) is 2.12. The van der Waals surface area contributed by atoms with Gasteiger partial charge in [-0.05, 0) is 44.2 Å². The van der Waals surface area contributed by atoms with Crippen LogP contribution in [-0.2, 0) is 13.1 Å². The first-order valence-corrected chi connectivity index (χ1v) is 6.31. The number of aromatic nitrogens is 2. The molecule has 0 saturated carbocycles. The maximum atomic E-state index is 5.40. The lowest BCUT2D eigenvalue weighted by Gasteiger charge is -2.06. The van der Waals surface area contributed by atoms with Crippen molar-refractivity contribution in [2.24, 2.45) is 0 Å². The van der Waals surface area contributed by atoms with Gasteiger partial charge in [-0.15, -0.1) is 0 Å². The number of hydrogen-bond acceptors (Lipinski definition) is 3. The van der Waals surface area contributed by atoms with Gasteiger partial charge >= 0.3 is 0 Å². The Labute approximate surface area is 108 Å². The number of hydrogen-bond donors (Lipinski definition) is 1. The molecule has 1 aromatic carbocycles. The molecule has 1 N–H and O–H groups in total. The number of anilines is 1. The highest BCUT2D eigenvalue weighted by Crippen LogP contribution is 2.16. The number of benzene rings is 1.